The molecule has 25 heavy (non-hydrogen) atoms. The van der Waals surface area contributed by atoms with E-state index in [0.29, 0.717) is 24.6 Å². The van der Waals surface area contributed by atoms with Gasteiger partial charge in [-0.2, -0.15) is 4.99 Å². The number of rotatable bonds is 6. The van der Waals surface area contributed by atoms with Gasteiger partial charge in [0.25, 0.3) is 5.91 Å². The van der Waals surface area contributed by atoms with Crippen molar-refractivity contribution in [2.24, 2.45) is 4.99 Å². The maximum absolute atomic E-state index is 12.2. The van der Waals surface area contributed by atoms with Crippen LogP contribution in [-0.4, -0.2) is 23.7 Å². The molecule has 3 aromatic rings. The van der Waals surface area contributed by atoms with Gasteiger partial charge >= 0.3 is 0 Å². The number of thiazole rings is 1. The Morgan fingerprint density at radius 2 is 2.28 bits per heavy atom. The number of amides is 1. The SMILES string of the molecule is CCOCCn1c(=NC(=O)C=Cc2cccs2)sc2cc(Br)ccc21. The third-order valence-corrected chi connectivity index (χ3v) is 5.82. The summed E-state index contributed by atoms with van der Waals surface area (Å²) in [6.45, 7) is 3.89. The van der Waals surface area contributed by atoms with Crippen molar-refractivity contribution in [3.05, 3.63) is 55.9 Å². The molecule has 0 N–H and O–H groups in total. The number of nitrogens with zero attached hydrogens (tertiary/aromatic N) is 2. The van der Waals surface area contributed by atoms with Gasteiger partial charge in [-0.05, 0) is 42.6 Å². The summed E-state index contributed by atoms with van der Waals surface area (Å²) in [7, 11) is 0. The fourth-order valence-corrected chi connectivity index (χ4v) is 4.55. The number of thiophene rings is 1. The average molecular weight is 437 g/mol. The molecule has 3 rings (SSSR count). The summed E-state index contributed by atoms with van der Waals surface area (Å²) < 4.78 is 9.60. The number of fused-ring (bicyclic) bond motifs is 1. The van der Waals surface area contributed by atoms with Crippen molar-refractivity contribution in [1.29, 1.82) is 0 Å². The molecule has 1 amide bonds. The summed E-state index contributed by atoms with van der Waals surface area (Å²) in [4.78, 5) is 18.3. The number of halogens is 1. The van der Waals surface area contributed by atoms with E-state index in [1.54, 1.807) is 17.4 Å². The zero-order chi connectivity index (χ0) is 17.6. The first-order valence-corrected chi connectivity index (χ1v) is 10.3. The molecule has 0 saturated carbocycles. The highest BCUT2D eigenvalue weighted by Gasteiger charge is 2.08. The maximum Gasteiger partial charge on any atom is 0.272 e. The van der Waals surface area contributed by atoms with Crippen LogP contribution in [0.4, 0.5) is 0 Å². The van der Waals surface area contributed by atoms with E-state index in [0.717, 1.165) is 19.6 Å². The molecule has 0 spiro atoms. The topological polar surface area (TPSA) is 43.6 Å². The van der Waals surface area contributed by atoms with Gasteiger partial charge in [-0.15, -0.1) is 11.3 Å². The molecule has 1 aromatic carbocycles. The smallest absolute Gasteiger partial charge is 0.272 e. The predicted octanol–water partition coefficient (Wildman–Crippen LogP) is 4.70. The number of hydrogen-bond donors (Lipinski definition) is 0. The Labute approximate surface area is 162 Å². The fourth-order valence-electron chi connectivity index (χ4n) is 2.32. The van der Waals surface area contributed by atoms with Crippen molar-refractivity contribution in [1.82, 2.24) is 4.57 Å². The molecule has 0 aliphatic rings. The number of aromatic nitrogens is 1. The second kappa shape index (κ2) is 8.71. The van der Waals surface area contributed by atoms with E-state index < -0.39 is 0 Å². The molecule has 0 unspecified atom stereocenters. The van der Waals surface area contributed by atoms with Gasteiger partial charge in [0.1, 0.15) is 0 Å². The molecule has 0 radical (unpaired) electrons. The summed E-state index contributed by atoms with van der Waals surface area (Å²) in [6, 6.07) is 9.99. The lowest BCUT2D eigenvalue weighted by atomic mass is 10.3. The number of ether oxygens (including phenoxy) is 1. The second-order valence-corrected chi connectivity index (χ2v) is 8.05. The van der Waals surface area contributed by atoms with E-state index >= 15 is 0 Å². The Bertz CT molecular complexity index is 955. The van der Waals surface area contributed by atoms with Gasteiger partial charge in [0, 0.05) is 28.6 Å². The Hall–Kier alpha value is -1.54. The highest BCUT2D eigenvalue weighted by molar-refractivity contribution is 9.10. The van der Waals surface area contributed by atoms with Crippen molar-refractivity contribution in [3.63, 3.8) is 0 Å². The Morgan fingerprint density at radius 1 is 1.40 bits per heavy atom. The average Bonchev–Trinajstić information content (AvgIpc) is 3.21. The van der Waals surface area contributed by atoms with E-state index in [1.807, 2.05) is 47.2 Å². The van der Waals surface area contributed by atoms with Crippen LogP contribution in [0, 0.1) is 0 Å². The van der Waals surface area contributed by atoms with Gasteiger partial charge in [0.2, 0.25) is 0 Å². The van der Waals surface area contributed by atoms with Gasteiger partial charge in [-0.25, -0.2) is 0 Å². The van der Waals surface area contributed by atoms with E-state index in [2.05, 4.69) is 20.9 Å². The van der Waals surface area contributed by atoms with Crippen LogP contribution in [0.5, 0.6) is 0 Å². The minimum Gasteiger partial charge on any atom is -0.380 e. The van der Waals surface area contributed by atoms with E-state index in [9.17, 15) is 4.79 Å². The minimum absolute atomic E-state index is 0.260. The van der Waals surface area contributed by atoms with Crippen LogP contribution in [-0.2, 0) is 16.1 Å². The fraction of sp³-hybridized carbons (Fsp3) is 0.222. The summed E-state index contributed by atoms with van der Waals surface area (Å²) in [5.74, 6) is -0.260. The first-order chi connectivity index (χ1) is 12.2. The lowest BCUT2D eigenvalue weighted by Crippen LogP contribution is -2.19. The molecular weight excluding hydrogens is 420 g/mol. The van der Waals surface area contributed by atoms with Gasteiger partial charge in [-0.1, -0.05) is 33.3 Å². The largest absolute Gasteiger partial charge is 0.380 e. The third kappa shape index (κ3) is 4.76. The summed E-state index contributed by atoms with van der Waals surface area (Å²) in [5.41, 5.74) is 1.06. The normalized spacial score (nSPS) is 12.5. The van der Waals surface area contributed by atoms with Crippen molar-refractivity contribution < 1.29 is 9.53 Å². The van der Waals surface area contributed by atoms with Crippen LogP contribution in [0.1, 0.15) is 11.8 Å². The zero-order valence-electron chi connectivity index (χ0n) is 13.6. The molecule has 0 bridgehead atoms. The molecular formula is C18H17BrN2O2S2. The van der Waals surface area contributed by atoms with Crippen molar-refractivity contribution >= 4 is 60.8 Å². The van der Waals surface area contributed by atoms with Crippen molar-refractivity contribution in [3.8, 4) is 0 Å². The third-order valence-electron chi connectivity index (χ3n) is 3.45. The molecule has 0 aliphatic heterocycles. The molecule has 0 atom stereocenters. The van der Waals surface area contributed by atoms with Crippen molar-refractivity contribution in [2.45, 2.75) is 13.5 Å². The molecule has 4 nitrogen and oxygen atoms in total. The molecule has 2 heterocycles. The Balaban J connectivity index is 1.95. The molecule has 0 aliphatic carbocycles. The molecule has 130 valence electrons. The number of benzene rings is 1. The Morgan fingerprint density at radius 3 is 3.04 bits per heavy atom. The molecule has 0 fully saturated rings. The first kappa shape index (κ1) is 18.3. The van der Waals surface area contributed by atoms with Crippen LogP contribution < -0.4 is 4.80 Å². The van der Waals surface area contributed by atoms with Crippen LogP contribution in [0.3, 0.4) is 0 Å². The number of carbonyl (C=O) groups excluding carboxylic acids is 1. The van der Waals surface area contributed by atoms with Gasteiger partial charge in [-0.3, -0.25) is 4.79 Å². The molecule has 0 saturated heterocycles. The van der Waals surface area contributed by atoms with E-state index in [-0.39, 0.29) is 5.91 Å². The summed E-state index contributed by atoms with van der Waals surface area (Å²) in [6.07, 6.45) is 3.31. The van der Waals surface area contributed by atoms with Gasteiger partial charge in [0.15, 0.2) is 4.80 Å². The lowest BCUT2D eigenvalue weighted by molar-refractivity contribution is -0.113. The first-order valence-electron chi connectivity index (χ1n) is 7.84. The molecule has 7 heteroatoms. The Kier molecular flexibility index (Phi) is 6.36. The number of hydrogen-bond acceptors (Lipinski definition) is 4. The lowest BCUT2D eigenvalue weighted by Gasteiger charge is -2.05. The number of carbonyl (C=O) groups is 1. The monoisotopic (exact) mass is 436 g/mol. The summed E-state index contributed by atoms with van der Waals surface area (Å²) >= 11 is 6.59. The van der Waals surface area contributed by atoms with E-state index in [1.165, 1.54) is 17.4 Å². The van der Waals surface area contributed by atoms with Crippen LogP contribution in [0.15, 0.2) is 51.3 Å². The predicted molar refractivity (Wildman–Crippen MR) is 108 cm³/mol. The van der Waals surface area contributed by atoms with Crippen LogP contribution in [0.25, 0.3) is 16.3 Å². The second-order valence-electron chi connectivity index (χ2n) is 5.14. The van der Waals surface area contributed by atoms with Crippen LogP contribution >= 0.6 is 38.6 Å². The summed E-state index contributed by atoms with van der Waals surface area (Å²) in [5, 5.41) is 1.98. The van der Waals surface area contributed by atoms with E-state index in [4.69, 9.17) is 4.74 Å². The zero-order valence-corrected chi connectivity index (χ0v) is 16.9. The highest BCUT2D eigenvalue weighted by Crippen LogP contribution is 2.22. The van der Waals surface area contributed by atoms with Crippen LogP contribution in [0.2, 0.25) is 0 Å². The molecule has 2 aromatic heterocycles. The minimum atomic E-state index is -0.260. The van der Waals surface area contributed by atoms with Gasteiger partial charge in [0.05, 0.1) is 16.8 Å². The maximum atomic E-state index is 12.2. The van der Waals surface area contributed by atoms with Gasteiger partial charge < -0.3 is 9.30 Å². The van der Waals surface area contributed by atoms with Crippen molar-refractivity contribution in [2.75, 3.05) is 13.2 Å². The highest BCUT2D eigenvalue weighted by atomic mass is 79.9. The standard InChI is InChI=1S/C18H17BrN2O2S2/c1-2-23-10-9-21-15-7-5-13(19)12-16(15)25-18(21)20-17(22)8-6-14-4-3-11-24-14/h3-8,11-12H,2,9-10H2,1H3. The quantitative estimate of drug-likeness (QED) is 0.414.